The Hall–Kier alpha value is -1.10. The molecule has 2 heterocycles. The maximum absolute atomic E-state index is 11.9. The molecular formula is C15H27N3O2. The smallest absolute Gasteiger partial charge is 0.224 e. The molecule has 2 amide bonds. The first-order valence-electron chi connectivity index (χ1n) is 8.03. The van der Waals surface area contributed by atoms with Gasteiger partial charge in [-0.3, -0.25) is 9.59 Å². The van der Waals surface area contributed by atoms with Crippen LogP contribution in [0.4, 0.5) is 0 Å². The molecule has 0 radical (unpaired) electrons. The van der Waals surface area contributed by atoms with Gasteiger partial charge in [-0.05, 0) is 45.1 Å². The van der Waals surface area contributed by atoms with Crippen LogP contribution in [-0.2, 0) is 9.59 Å². The van der Waals surface area contributed by atoms with E-state index in [0.717, 1.165) is 38.9 Å². The van der Waals surface area contributed by atoms with Crippen molar-refractivity contribution in [2.24, 2.45) is 0 Å². The highest BCUT2D eigenvalue weighted by molar-refractivity contribution is 5.79. The molecule has 0 saturated carbocycles. The van der Waals surface area contributed by atoms with Crippen LogP contribution in [0.2, 0.25) is 0 Å². The molecule has 2 saturated heterocycles. The lowest BCUT2D eigenvalue weighted by atomic mass is 10.1. The normalized spacial score (nSPS) is 22.8. The topological polar surface area (TPSA) is 61.4 Å². The van der Waals surface area contributed by atoms with E-state index in [1.54, 1.807) is 0 Å². The van der Waals surface area contributed by atoms with Crippen molar-refractivity contribution in [3.8, 4) is 0 Å². The van der Waals surface area contributed by atoms with E-state index in [0.29, 0.717) is 25.4 Å². The third-order valence-electron chi connectivity index (χ3n) is 4.25. The van der Waals surface area contributed by atoms with Crippen LogP contribution in [-0.4, -0.2) is 48.9 Å². The lowest BCUT2D eigenvalue weighted by molar-refractivity contribution is -0.132. The number of hydrogen-bond acceptors (Lipinski definition) is 3. The van der Waals surface area contributed by atoms with Crippen molar-refractivity contribution in [3.63, 3.8) is 0 Å². The van der Waals surface area contributed by atoms with Crippen molar-refractivity contribution in [1.29, 1.82) is 0 Å². The molecule has 0 spiro atoms. The minimum atomic E-state index is 0.0742. The Morgan fingerprint density at radius 1 is 1.10 bits per heavy atom. The second-order valence-corrected chi connectivity index (χ2v) is 5.87. The van der Waals surface area contributed by atoms with E-state index in [1.165, 1.54) is 19.3 Å². The molecule has 1 unspecified atom stereocenters. The average Bonchev–Trinajstić information content (AvgIpc) is 2.99. The standard InChI is InChI=1S/C15H27N3O2/c19-14(7-6-13-5-4-9-16-13)17-10-8-15(20)18-11-2-1-3-12-18/h13,16H,1-12H2,(H,17,19). The number of amides is 2. The van der Waals surface area contributed by atoms with E-state index in [-0.39, 0.29) is 11.8 Å². The predicted octanol–water partition coefficient (Wildman–Crippen LogP) is 1.04. The summed E-state index contributed by atoms with van der Waals surface area (Å²) in [6.45, 7) is 3.34. The molecule has 20 heavy (non-hydrogen) atoms. The largest absolute Gasteiger partial charge is 0.356 e. The quantitative estimate of drug-likeness (QED) is 0.764. The molecule has 114 valence electrons. The molecule has 0 aromatic carbocycles. The van der Waals surface area contributed by atoms with Crippen LogP contribution in [0, 0.1) is 0 Å². The lowest BCUT2D eigenvalue weighted by Crippen LogP contribution is -2.38. The van der Waals surface area contributed by atoms with Crippen LogP contribution in [0.1, 0.15) is 51.4 Å². The van der Waals surface area contributed by atoms with Gasteiger partial charge in [0.25, 0.3) is 0 Å². The summed E-state index contributed by atoms with van der Waals surface area (Å²) in [6, 6.07) is 0.510. The van der Waals surface area contributed by atoms with Crippen molar-refractivity contribution in [2.45, 2.75) is 57.4 Å². The molecule has 0 aromatic heterocycles. The van der Waals surface area contributed by atoms with E-state index in [2.05, 4.69) is 10.6 Å². The summed E-state index contributed by atoms with van der Waals surface area (Å²) in [5.74, 6) is 0.257. The minimum Gasteiger partial charge on any atom is -0.356 e. The molecule has 5 heteroatoms. The van der Waals surface area contributed by atoms with Crippen molar-refractivity contribution in [1.82, 2.24) is 15.5 Å². The Kier molecular flexibility index (Phi) is 6.30. The zero-order chi connectivity index (χ0) is 14.2. The van der Waals surface area contributed by atoms with E-state index < -0.39 is 0 Å². The highest BCUT2D eigenvalue weighted by Gasteiger charge is 2.17. The van der Waals surface area contributed by atoms with Gasteiger partial charge in [0.15, 0.2) is 0 Å². The number of rotatable bonds is 6. The molecule has 2 fully saturated rings. The average molecular weight is 281 g/mol. The van der Waals surface area contributed by atoms with Gasteiger partial charge in [-0.1, -0.05) is 0 Å². The molecule has 1 atom stereocenters. The van der Waals surface area contributed by atoms with Gasteiger partial charge in [0.2, 0.25) is 11.8 Å². The van der Waals surface area contributed by atoms with E-state index in [9.17, 15) is 9.59 Å². The van der Waals surface area contributed by atoms with E-state index in [1.807, 2.05) is 4.90 Å². The Morgan fingerprint density at radius 3 is 2.60 bits per heavy atom. The van der Waals surface area contributed by atoms with Crippen LogP contribution in [0.5, 0.6) is 0 Å². The maximum atomic E-state index is 11.9. The SMILES string of the molecule is O=C(CCC1CCCN1)NCCC(=O)N1CCCCC1. The zero-order valence-corrected chi connectivity index (χ0v) is 12.3. The van der Waals surface area contributed by atoms with Crippen LogP contribution < -0.4 is 10.6 Å². The van der Waals surface area contributed by atoms with E-state index in [4.69, 9.17) is 0 Å². The van der Waals surface area contributed by atoms with Gasteiger partial charge in [-0.2, -0.15) is 0 Å². The first kappa shape index (κ1) is 15.3. The number of nitrogens with zero attached hydrogens (tertiary/aromatic N) is 1. The third kappa shape index (κ3) is 5.12. The molecule has 0 bridgehead atoms. The van der Waals surface area contributed by atoms with Crippen LogP contribution in [0.25, 0.3) is 0 Å². The third-order valence-corrected chi connectivity index (χ3v) is 4.25. The fourth-order valence-electron chi connectivity index (χ4n) is 3.01. The molecule has 2 rings (SSSR count). The van der Waals surface area contributed by atoms with Crippen LogP contribution in [0.15, 0.2) is 0 Å². The van der Waals surface area contributed by atoms with Crippen LogP contribution in [0.3, 0.4) is 0 Å². The number of likely N-dealkylation sites (tertiary alicyclic amines) is 1. The van der Waals surface area contributed by atoms with Gasteiger partial charge in [0.1, 0.15) is 0 Å². The minimum absolute atomic E-state index is 0.0742. The molecule has 0 aliphatic carbocycles. The predicted molar refractivity (Wildman–Crippen MR) is 78.3 cm³/mol. The first-order valence-corrected chi connectivity index (χ1v) is 8.03. The fraction of sp³-hybridized carbons (Fsp3) is 0.867. The second-order valence-electron chi connectivity index (χ2n) is 5.87. The first-order chi connectivity index (χ1) is 9.75. The van der Waals surface area contributed by atoms with Crippen molar-refractivity contribution >= 4 is 11.8 Å². The van der Waals surface area contributed by atoms with Gasteiger partial charge in [0, 0.05) is 38.5 Å². The highest BCUT2D eigenvalue weighted by Crippen LogP contribution is 2.11. The number of nitrogens with one attached hydrogen (secondary N) is 2. The van der Waals surface area contributed by atoms with Crippen molar-refractivity contribution in [3.05, 3.63) is 0 Å². The summed E-state index contributed by atoms with van der Waals surface area (Å²) in [6.07, 6.45) is 7.78. The molecular weight excluding hydrogens is 254 g/mol. The summed E-state index contributed by atoms with van der Waals surface area (Å²) in [7, 11) is 0. The molecule has 2 aliphatic heterocycles. The number of piperidine rings is 1. The lowest BCUT2D eigenvalue weighted by Gasteiger charge is -2.26. The Balaban J connectivity index is 1.52. The maximum Gasteiger partial charge on any atom is 0.224 e. The Labute approximate surface area is 121 Å². The second kappa shape index (κ2) is 8.25. The molecule has 5 nitrogen and oxygen atoms in total. The van der Waals surface area contributed by atoms with E-state index >= 15 is 0 Å². The van der Waals surface area contributed by atoms with Gasteiger partial charge >= 0.3 is 0 Å². The number of hydrogen-bond donors (Lipinski definition) is 2. The highest BCUT2D eigenvalue weighted by atomic mass is 16.2. The molecule has 2 aliphatic rings. The molecule has 2 N–H and O–H groups in total. The Morgan fingerprint density at radius 2 is 1.90 bits per heavy atom. The molecule has 0 aromatic rings. The summed E-state index contributed by atoms with van der Waals surface area (Å²) in [5, 5.41) is 6.25. The Bertz CT molecular complexity index is 321. The summed E-state index contributed by atoms with van der Waals surface area (Å²) >= 11 is 0. The summed E-state index contributed by atoms with van der Waals surface area (Å²) in [5.41, 5.74) is 0. The van der Waals surface area contributed by atoms with Crippen molar-refractivity contribution in [2.75, 3.05) is 26.2 Å². The fourth-order valence-corrected chi connectivity index (χ4v) is 3.01. The number of carbonyl (C=O) groups is 2. The van der Waals surface area contributed by atoms with Crippen molar-refractivity contribution < 1.29 is 9.59 Å². The summed E-state index contributed by atoms with van der Waals surface area (Å²) in [4.78, 5) is 25.5. The van der Waals surface area contributed by atoms with Gasteiger partial charge in [-0.15, -0.1) is 0 Å². The van der Waals surface area contributed by atoms with Gasteiger partial charge in [-0.25, -0.2) is 0 Å². The van der Waals surface area contributed by atoms with Gasteiger partial charge < -0.3 is 15.5 Å². The van der Waals surface area contributed by atoms with Gasteiger partial charge in [0.05, 0.1) is 0 Å². The number of carbonyl (C=O) groups excluding carboxylic acids is 2. The monoisotopic (exact) mass is 281 g/mol. The van der Waals surface area contributed by atoms with Crippen LogP contribution >= 0.6 is 0 Å². The zero-order valence-electron chi connectivity index (χ0n) is 12.3. The summed E-state index contributed by atoms with van der Waals surface area (Å²) < 4.78 is 0.